The van der Waals surface area contributed by atoms with E-state index in [9.17, 15) is 24.1 Å². The molecule has 2 rings (SSSR count). The molecule has 0 aromatic heterocycles. The van der Waals surface area contributed by atoms with Crippen molar-refractivity contribution in [3.05, 3.63) is 20.4 Å². The first-order valence-electron chi connectivity index (χ1n) is 14.3. The lowest BCUT2D eigenvalue weighted by Gasteiger charge is -2.26. The molecule has 0 aliphatic carbocycles. The van der Waals surface area contributed by atoms with Crippen molar-refractivity contribution < 1.29 is 33.0 Å². The standard InChI is InChI=1S/C27H45N2O9P/c1-5-10-20(11-6-2)26(32)35-18-37-39(34,38-19-36-27(33)21(12-7-3)13-8-4)17-16-29-15-9-14-28-22-23(29)25(31)24(22)30/h20-21,34H,5-19H2,1-4H3/p+1. The summed E-state index contributed by atoms with van der Waals surface area (Å²) in [4.78, 5) is 62.2. The maximum absolute atomic E-state index is 12.5. The third-order valence-electron chi connectivity index (χ3n) is 6.89. The number of rotatable bonds is 19. The second kappa shape index (κ2) is 16.9. The summed E-state index contributed by atoms with van der Waals surface area (Å²) >= 11 is 0. The number of ether oxygens (including phenoxy) is 2. The van der Waals surface area contributed by atoms with Gasteiger partial charge in [0.25, 0.3) is 10.9 Å². The van der Waals surface area contributed by atoms with Crippen LogP contribution >= 0.6 is 7.94 Å². The van der Waals surface area contributed by atoms with Gasteiger partial charge in [-0.3, -0.25) is 19.2 Å². The smallest absolute Gasteiger partial charge is 0.417 e. The van der Waals surface area contributed by atoms with Gasteiger partial charge in [0.2, 0.25) is 13.6 Å². The van der Waals surface area contributed by atoms with E-state index in [2.05, 4.69) is 5.32 Å². The van der Waals surface area contributed by atoms with Crippen molar-refractivity contribution in [2.75, 3.05) is 49.6 Å². The van der Waals surface area contributed by atoms with E-state index in [0.29, 0.717) is 56.6 Å². The van der Waals surface area contributed by atoms with Crippen LogP contribution in [0.3, 0.4) is 0 Å². The number of fused-ring (bicyclic) bond motifs is 1. The number of esters is 2. The van der Waals surface area contributed by atoms with Crippen LogP contribution in [0.5, 0.6) is 0 Å². The molecule has 1 aromatic rings. The van der Waals surface area contributed by atoms with Crippen LogP contribution < -0.4 is 21.1 Å². The van der Waals surface area contributed by atoms with Crippen LogP contribution in [-0.4, -0.2) is 56.2 Å². The maximum atomic E-state index is 12.5. The molecule has 0 atom stereocenters. The number of nitrogens with one attached hydrogen (secondary N) is 1. The van der Waals surface area contributed by atoms with Crippen molar-refractivity contribution in [1.29, 1.82) is 0 Å². The van der Waals surface area contributed by atoms with Crippen LogP contribution in [0.25, 0.3) is 0 Å². The lowest BCUT2D eigenvalue weighted by atomic mass is 9.99. The zero-order valence-corrected chi connectivity index (χ0v) is 24.8. The summed E-state index contributed by atoms with van der Waals surface area (Å²) in [5.41, 5.74) is -0.525. The topological polar surface area (TPSA) is 141 Å². The van der Waals surface area contributed by atoms with Crippen molar-refractivity contribution in [3.63, 3.8) is 0 Å². The average molecular weight is 574 g/mol. The fourth-order valence-corrected chi connectivity index (χ4v) is 6.06. The number of nitrogens with zero attached hydrogens (tertiary/aromatic N) is 1. The Bertz CT molecular complexity index is 933. The third kappa shape index (κ3) is 9.81. The Balaban J connectivity index is 2.05. The molecule has 0 spiro atoms. The molecule has 0 saturated heterocycles. The quantitative estimate of drug-likeness (QED) is 0.107. The summed E-state index contributed by atoms with van der Waals surface area (Å²) in [6.45, 7) is 8.18. The molecule has 11 nitrogen and oxygen atoms in total. The molecule has 0 amide bonds. The molecule has 0 fully saturated rings. The highest BCUT2D eigenvalue weighted by atomic mass is 31.2. The van der Waals surface area contributed by atoms with Gasteiger partial charge < -0.3 is 19.7 Å². The van der Waals surface area contributed by atoms with Gasteiger partial charge in [0.15, 0.2) is 6.16 Å². The fourth-order valence-electron chi connectivity index (χ4n) is 4.80. The monoisotopic (exact) mass is 573 g/mol. The van der Waals surface area contributed by atoms with E-state index in [1.54, 1.807) is 4.90 Å². The predicted octanol–water partition coefficient (Wildman–Crippen LogP) is 4.13. The molecule has 0 bridgehead atoms. The van der Waals surface area contributed by atoms with E-state index in [0.717, 1.165) is 25.7 Å². The van der Waals surface area contributed by atoms with Gasteiger partial charge in [0.05, 0.1) is 18.4 Å². The zero-order chi connectivity index (χ0) is 28.8. The van der Waals surface area contributed by atoms with Gasteiger partial charge in [-0.15, -0.1) is 9.05 Å². The van der Waals surface area contributed by atoms with E-state index in [-0.39, 0.29) is 24.5 Å². The Morgan fingerprint density at radius 3 is 1.82 bits per heavy atom. The number of hydrogen-bond acceptors (Lipinski definition) is 11. The molecule has 1 aliphatic rings. The molecule has 0 saturated carbocycles. The van der Waals surface area contributed by atoms with E-state index < -0.39 is 44.3 Å². The van der Waals surface area contributed by atoms with Crippen LogP contribution in [0.15, 0.2) is 9.59 Å². The van der Waals surface area contributed by atoms with E-state index >= 15 is 0 Å². The fraction of sp³-hybridized carbons (Fsp3) is 0.778. The molecule has 1 aliphatic heterocycles. The molecule has 39 heavy (non-hydrogen) atoms. The molecular weight excluding hydrogens is 527 g/mol. The highest BCUT2D eigenvalue weighted by Crippen LogP contribution is 2.57. The van der Waals surface area contributed by atoms with Crippen LogP contribution in [0.1, 0.15) is 85.5 Å². The van der Waals surface area contributed by atoms with Gasteiger partial charge in [0.1, 0.15) is 11.4 Å². The summed E-state index contributed by atoms with van der Waals surface area (Å²) in [6, 6.07) is 0. The largest absolute Gasteiger partial charge is 0.434 e. The SMILES string of the molecule is CCCC(CCC)C(=O)OCO[P+](O)(CCN1CCCNc2c1c(=O)c2=O)OCOC(=O)C(CCC)CCC. The van der Waals surface area contributed by atoms with Gasteiger partial charge in [-0.1, -0.05) is 53.4 Å². The number of hydrogen-bond donors (Lipinski definition) is 2. The summed E-state index contributed by atoms with van der Waals surface area (Å²) < 4.78 is 21.8. The second-order valence-corrected chi connectivity index (χ2v) is 12.2. The van der Waals surface area contributed by atoms with Crippen LogP contribution in [0, 0.1) is 11.8 Å². The van der Waals surface area contributed by atoms with Crippen LogP contribution in [0.4, 0.5) is 11.4 Å². The number of carbonyl (C=O) groups is 2. The van der Waals surface area contributed by atoms with Crippen molar-refractivity contribution in [2.24, 2.45) is 11.8 Å². The van der Waals surface area contributed by atoms with Crippen molar-refractivity contribution in [3.8, 4) is 0 Å². The predicted molar refractivity (Wildman–Crippen MR) is 151 cm³/mol. The van der Waals surface area contributed by atoms with E-state index in [1.807, 2.05) is 27.7 Å². The first kappa shape index (κ1) is 33.1. The van der Waals surface area contributed by atoms with E-state index in [1.165, 1.54) is 0 Å². The summed E-state index contributed by atoms with van der Waals surface area (Å²) in [5.74, 6) is -1.29. The van der Waals surface area contributed by atoms with Crippen molar-refractivity contribution >= 4 is 31.3 Å². The Morgan fingerprint density at radius 2 is 1.36 bits per heavy atom. The van der Waals surface area contributed by atoms with Gasteiger partial charge >= 0.3 is 19.9 Å². The first-order chi connectivity index (χ1) is 18.7. The molecule has 2 N–H and O–H groups in total. The first-order valence-corrected chi connectivity index (χ1v) is 16.0. The lowest BCUT2D eigenvalue weighted by Crippen LogP contribution is -2.42. The van der Waals surface area contributed by atoms with Gasteiger partial charge in [-0.2, -0.15) is 4.89 Å². The molecule has 1 aromatic carbocycles. The third-order valence-corrected chi connectivity index (χ3v) is 8.67. The molecule has 0 radical (unpaired) electrons. The highest BCUT2D eigenvalue weighted by Gasteiger charge is 2.43. The van der Waals surface area contributed by atoms with Crippen LogP contribution in [-0.2, 0) is 28.1 Å². The van der Waals surface area contributed by atoms with Gasteiger partial charge in [-0.05, 0) is 32.1 Å². The highest BCUT2D eigenvalue weighted by molar-refractivity contribution is 7.60. The minimum atomic E-state index is -3.68. The second-order valence-electron chi connectivity index (χ2n) is 9.98. The number of anilines is 2. The van der Waals surface area contributed by atoms with Crippen molar-refractivity contribution in [1.82, 2.24) is 0 Å². The molecule has 0 unspecified atom stereocenters. The van der Waals surface area contributed by atoms with E-state index in [4.69, 9.17) is 18.5 Å². The Hall–Kier alpha value is -2.07. The summed E-state index contributed by atoms with van der Waals surface area (Å²) in [6.07, 6.45) is 6.78. The summed E-state index contributed by atoms with van der Waals surface area (Å²) in [7, 11) is -3.68. The normalized spacial score (nSPS) is 13.9. The summed E-state index contributed by atoms with van der Waals surface area (Å²) in [5, 5.41) is 2.98. The maximum Gasteiger partial charge on any atom is 0.417 e. The average Bonchev–Trinajstić information content (AvgIpc) is 3.11. The van der Waals surface area contributed by atoms with Crippen molar-refractivity contribution in [2.45, 2.75) is 85.5 Å². The lowest BCUT2D eigenvalue weighted by molar-refractivity contribution is -0.158. The Kier molecular flexibility index (Phi) is 14.4. The molecular formula is C27H46N2O9P+. The Labute approximate surface area is 231 Å². The van der Waals surface area contributed by atoms with Crippen LogP contribution in [0.2, 0.25) is 0 Å². The minimum Gasteiger partial charge on any atom is -0.434 e. The molecule has 222 valence electrons. The zero-order valence-electron chi connectivity index (χ0n) is 23.9. The Morgan fingerprint density at radius 1 is 0.872 bits per heavy atom. The minimum absolute atomic E-state index is 0.0545. The van der Waals surface area contributed by atoms with Gasteiger partial charge in [0, 0.05) is 13.1 Å². The molecule has 12 heteroatoms. The molecule has 1 heterocycles. The number of carbonyl (C=O) groups excluding carboxylic acids is 2. The van der Waals surface area contributed by atoms with Gasteiger partial charge in [-0.25, -0.2) is 0 Å².